The maximum Gasteiger partial charge on any atom is 0.335 e. The highest BCUT2D eigenvalue weighted by atomic mass is 79.9. The number of barbiturate groups is 1. The van der Waals surface area contributed by atoms with Gasteiger partial charge in [0.25, 0.3) is 11.8 Å². The van der Waals surface area contributed by atoms with Crippen molar-refractivity contribution in [3.63, 3.8) is 0 Å². The smallest absolute Gasteiger partial charge is 0.273 e. The van der Waals surface area contributed by atoms with Gasteiger partial charge in [-0.2, -0.15) is 0 Å². The molecule has 0 saturated carbocycles. The fourth-order valence-corrected chi connectivity index (χ4v) is 3.26. The molecule has 0 aliphatic carbocycles. The van der Waals surface area contributed by atoms with E-state index in [-0.39, 0.29) is 26.2 Å². The van der Waals surface area contributed by atoms with Crippen molar-refractivity contribution in [2.75, 3.05) is 4.90 Å². The predicted octanol–water partition coefficient (Wildman–Crippen LogP) is 5.08. The Labute approximate surface area is 171 Å². The number of nitrogens with one attached hydrogen (secondary N) is 1. The molecule has 1 N–H and O–H groups in total. The van der Waals surface area contributed by atoms with Crippen molar-refractivity contribution in [2.24, 2.45) is 0 Å². The zero-order valence-electron chi connectivity index (χ0n) is 12.7. The number of rotatable bonds is 2. The number of halogens is 4. The first-order valence-corrected chi connectivity index (χ1v) is 9.02. The number of imide groups is 2. The number of carbonyl (C=O) groups excluding carboxylic acids is 3. The molecule has 1 aliphatic rings. The zero-order chi connectivity index (χ0) is 19.0. The highest BCUT2D eigenvalue weighted by Crippen LogP contribution is 2.32. The Morgan fingerprint density at radius 3 is 2.31 bits per heavy atom. The molecule has 5 nitrogen and oxygen atoms in total. The number of hydrogen-bond acceptors (Lipinski definition) is 3. The van der Waals surface area contributed by atoms with Crippen LogP contribution in [0.25, 0.3) is 6.08 Å². The molecule has 2 aromatic rings. The quantitative estimate of drug-likeness (QED) is 0.375. The minimum Gasteiger partial charge on any atom is -0.273 e. The van der Waals surface area contributed by atoms with Gasteiger partial charge in [0.15, 0.2) is 0 Å². The molecule has 0 atom stereocenters. The molecule has 0 bridgehead atoms. The van der Waals surface area contributed by atoms with Gasteiger partial charge in [-0.05, 0) is 48.0 Å². The van der Waals surface area contributed by atoms with E-state index >= 15 is 0 Å². The van der Waals surface area contributed by atoms with Crippen LogP contribution in [0, 0.1) is 0 Å². The molecule has 0 radical (unpaired) electrons. The van der Waals surface area contributed by atoms with Gasteiger partial charge in [0, 0.05) is 9.50 Å². The number of benzene rings is 2. The number of nitrogens with zero attached hydrogens (tertiary/aromatic N) is 1. The van der Waals surface area contributed by atoms with Crippen molar-refractivity contribution in [2.45, 2.75) is 0 Å². The molecule has 26 heavy (non-hydrogen) atoms. The molecule has 0 unspecified atom stereocenters. The van der Waals surface area contributed by atoms with Crippen LogP contribution in [0.1, 0.15) is 5.56 Å². The Morgan fingerprint density at radius 1 is 1.00 bits per heavy atom. The highest BCUT2D eigenvalue weighted by molar-refractivity contribution is 9.10. The summed E-state index contributed by atoms with van der Waals surface area (Å²) >= 11 is 21.3. The molecule has 0 aromatic heterocycles. The van der Waals surface area contributed by atoms with Gasteiger partial charge in [-0.3, -0.25) is 14.9 Å². The second-order valence-electron chi connectivity index (χ2n) is 5.23. The van der Waals surface area contributed by atoms with E-state index in [2.05, 4.69) is 21.2 Å². The van der Waals surface area contributed by atoms with E-state index in [1.165, 1.54) is 18.2 Å². The molecule has 3 rings (SSSR count). The fraction of sp³-hybridized carbons (Fsp3) is 0. The summed E-state index contributed by atoms with van der Waals surface area (Å²) in [5.74, 6) is -1.62. The summed E-state index contributed by atoms with van der Waals surface area (Å²) in [5.41, 5.74) is 0.324. The molecule has 9 heteroatoms. The summed E-state index contributed by atoms with van der Waals surface area (Å²) < 4.78 is 0.776. The molecular formula is C17H8BrCl3N2O3. The Hall–Kier alpha value is -1.86. The molecule has 1 aliphatic heterocycles. The van der Waals surface area contributed by atoms with Crippen LogP contribution in [0.2, 0.25) is 15.1 Å². The molecule has 0 spiro atoms. The van der Waals surface area contributed by atoms with E-state index in [0.717, 1.165) is 9.37 Å². The van der Waals surface area contributed by atoms with E-state index in [0.29, 0.717) is 5.69 Å². The van der Waals surface area contributed by atoms with Gasteiger partial charge in [-0.1, -0.05) is 50.7 Å². The van der Waals surface area contributed by atoms with Crippen LogP contribution in [0.3, 0.4) is 0 Å². The van der Waals surface area contributed by atoms with E-state index < -0.39 is 17.8 Å². The van der Waals surface area contributed by atoms with Crippen molar-refractivity contribution < 1.29 is 14.4 Å². The summed E-state index contributed by atoms with van der Waals surface area (Å²) in [7, 11) is 0. The lowest BCUT2D eigenvalue weighted by atomic mass is 10.1. The number of anilines is 1. The van der Waals surface area contributed by atoms with Crippen molar-refractivity contribution in [1.82, 2.24) is 5.32 Å². The van der Waals surface area contributed by atoms with Crippen LogP contribution in [0.4, 0.5) is 10.5 Å². The summed E-state index contributed by atoms with van der Waals surface area (Å²) in [5, 5.41) is 2.73. The average Bonchev–Trinajstić information content (AvgIpc) is 2.57. The van der Waals surface area contributed by atoms with Crippen LogP contribution in [-0.2, 0) is 9.59 Å². The van der Waals surface area contributed by atoms with Gasteiger partial charge < -0.3 is 0 Å². The van der Waals surface area contributed by atoms with E-state index in [1.54, 1.807) is 24.3 Å². The lowest BCUT2D eigenvalue weighted by Crippen LogP contribution is -2.54. The van der Waals surface area contributed by atoms with E-state index in [4.69, 9.17) is 34.8 Å². The Bertz CT molecular complexity index is 974. The zero-order valence-corrected chi connectivity index (χ0v) is 16.6. The van der Waals surface area contributed by atoms with Gasteiger partial charge in [0.2, 0.25) is 0 Å². The van der Waals surface area contributed by atoms with Crippen molar-refractivity contribution in [3.8, 4) is 0 Å². The monoisotopic (exact) mass is 472 g/mol. The topological polar surface area (TPSA) is 66.5 Å². The fourth-order valence-electron chi connectivity index (χ4n) is 2.32. The van der Waals surface area contributed by atoms with Crippen molar-refractivity contribution >= 4 is 80.3 Å². The molecule has 1 heterocycles. The van der Waals surface area contributed by atoms with Crippen LogP contribution in [0.5, 0.6) is 0 Å². The van der Waals surface area contributed by atoms with Gasteiger partial charge in [-0.15, -0.1) is 0 Å². The van der Waals surface area contributed by atoms with Crippen LogP contribution >= 0.6 is 50.7 Å². The third-order valence-electron chi connectivity index (χ3n) is 3.51. The van der Waals surface area contributed by atoms with Gasteiger partial charge in [-0.25, -0.2) is 9.69 Å². The SMILES string of the molecule is O=C1NC(=O)N(c2ccc(Br)cc2)C(=O)/C1=C\c1cc(Cl)cc(Cl)c1Cl. The van der Waals surface area contributed by atoms with Crippen molar-refractivity contribution in [1.29, 1.82) is 0 Å². The average molecular weight is 475 g/mol. The standard InChI is InChI=1S/C17H8BrCl3N2O3/c18-9-1-3-11(4-2-9)23-16(25)12(15(24)22-17(23)26)6-8-5-10(19)7-13(20)14(8)21/h1-7H,(H,22,24,26)/b12-6-. The summed E-state index contributed by atoms with van der Waals surface area (Å²) in [4.78, 5) is 37.9. The minimum absolute atomic E-state index is 0.135. The third kappa shape index (κ3) is 3.64. The molecular weight excluding hydrogens is 466 g/mol. The Morgan fingerprint density at radius 2 is 1.65 bits per heavy atom. The van der Waals surface area contributed by atoms with E-state index in [1.807, 2.05) is 0 Å². The molecule has 1 saturated heterocycles. The Balaban J connectivity index is 2.07. The van der Waals surface area contributed by atoms with Crippen LogP contribution in [-0.4, -0.2) is 17.8 Å². The number of urea groups is 1. The maximum absolute atomic E-state index is 12.8. The van der Waals surface area contributed by atoms with Gasteiger partial charge in [0.05, 0.1) is 15.7 Å². The first kappa shape index (κ1) is 18.9. The number of amides is 4. The lowest BCUT2D eigenvalue weighted by Gasteiger charge is -2.26. The minimum atomic E-state index is -0.838. The maximum atomic E-state index is 12.8. The van der Waals surface area contributed by atoms with Crippen LogP contribution in [0.15, 0.2) is 46.4 Å². The molecule has 2 aromatic carbocycles. The summed E-state index contributed by atoms with van der Waals surface area (Å²) in [6.45, 7) is 0. The predicted molar refractivity (Wildman–Crippen MR) is 105 cm³/mol. The van der Waals surface area contributed by atoms with Gasteiger partial charge >= 0.3 is 6.03 Å². The molecule has 1 fully saturated rings. The normalized spacial score (nSPS) is 16.2. The molecule has 132 valence electrons. The summed E-state index contributed by atoms with van der Waals surface area (Å²) in [6, 6.07) is 8.54. The second kappa shape index (κ2) is 7.40. The van der Waals surface area contributed by atoms with E-state index in [9.17, 15) is 14.4 Å². The number of hydrogen-bond donors (Lipinski definition) is 1. The van der Waals surface area contributed by atoms with Crippen LogP contribution < -0.4 is 10.2 Å². The molecule has 4 amide bonds. The van der Waals surface area contributed by atoms with Gasteiger partial charge in [0.1, 0.15) is 5.57 Å². The number of carbonyl (C=O) groups is 3. The highest BCUT2D eigenvalue weighted by Gasteiger charge is 2.36. The second-order valence-corrected chi connectivity index (χ2v) is 7.36. The Kier molecular flexibility index (Phi) is 5.39. The third-order valence-corrected chi connectivity index (χ3v) is 5.07. The largest absolute Gasteiger partial charge is 0.335 e. The lowest BCUT2D eigenvalue weighted by molar-refractivity contribution is -0.122. The first-order chi connectivity index (χ1) is 12.3. The summed E-state index contributed by atoms with van der Waals surface area (Å²) in [6.07, 6.45) is 1.25. The first-order valence-electron chi connectivity index (χ1n) is 7.09. The van der Waals surface area contributed by atoms with Crippen molar-refractivity contribution in [3.05, 3.63) is 67.1 Å².